The number of hydrogen-bond acceptors (Lipinski definition) is 4. The van der Waals surface area contributed by atoms with Gasteiger partial charge < -0.3 is 15.0 Å². The zero-order valence-corrected chi connectivity index (χ0v) is 14.1. The van der Waals surface area contributed by atoms with Gasteiger partial charge in [0.25, 0.3) is 5.91 Å². The Morgan fingerprint density at radius 3 is 2.74 bits per heavy atom. The van der Waals surface area contributed by atoms with E-state index in [2.05, 4.69) is 5.32 Å². The van der Waals surface area contributed by atoms with Crippen LogP contribution in [0.1, 0.15) is 22.8 Å². The first-order valence-electron chi connectivity index (χ1n) is 7.37. The topological polar surface area (TPSA) is 58.6 Å². The number of rotatable bonds is 7. The van der Waals surface area contributed by atoms with Crippen molar-refractivity contribution in [1.82, 2.24) is 10.2 Å². The maximum absolute atomic E-state index is 12.2. The Morgan fingerprint density at radius 2 is 2.04 bits per heavy atom. The Labute approximate surface area is 139 Å². The first kappa shape index (κ1) is 17.0. The molecule has 1 aromatic carbocycles. The minimum atomic E-state index is -0.314. The molecule has 0 saturated carbocycles. The fourth-order valence-corrected chi connectivity index (χ4v) is 2.73. The number of carbonyl (C=O) groups is 2. The molecule has 0 atom stereocenters. The molecule has 0 bridgehead atoms. The van der Waals surface area contributed by atoms with Gasteiger partial charge in [-0.1, -0.05) is 12.1 Å². The lowest BCUT2D eigenvalue weighted by Gasteiger charge is -2.17. The monoisotopic (exact) mass is 332 g/mol. The van der Waals surface area contributed by atoms with E-state index in [1.807, 2.05) is 29.8 Å². The van der Waals surface area contributed by atoms with E-state index < -0.39 is 0 Å². The molecule has 122 valence electrons. The molecule has 0 saturated heterocycles. The molecule has 0 unspecified atom stereocenters. The number of nitrogens with one attached hydrogen (secondary N) is 1. The fourth-order valence-electron chi connectivity index (χ4n) is 2.07. The number of nitrogens with zero attached hydrogens (tertiary/aromatic N) is 1. The molecule has 1 N–H and O–H groups in total. The van der Waals surface area contributed by atoms with Crippen LogP contribution in [0.3, 0.4) is 0 Å². The Hall–Kier alpha value is -2.34. The molecule has 2 amide bonds. The molecule has 23 heavy (non-hydrogen) atoms. The molecule has 6 heteroatoms. The van der Waals surface area contributed by atoms with Gasteiger partial charge in [-0.05, 0) is 41.4 Å². The summed E-state index contributed by atoms with van der Waals surface area (Å²) in [6.45, 7) is 2.83. The Balaban J connectivity index is 1.89. The summed E-state index contributed by atoms with van der Waals surface area (Å²) in [5.74, 6) is 0.0661. The van der Waals surface area contributed by atoms with Gasteiger partial charge in [0.2, 0.25) is 5.91 Å². The maximum Gasteiger partial charge on any atom is 0.255 e. The Morgan fingerprint density at radius 1 is 1.26 bits per heavy atom. The number of benzene rings is 1. The summed E-state index contributed by atoms with van der Waals surface area (Å²) >= 11 is 1.59. The summed E-state index contributed by atoms with van der Waals surface area (Å²) in [7, 11) is 1.72. The summed E-state index contributed by atoms with van der Waals surface area (Å²) in [4.78, 5) is 25.9. The van der Waals surface area contributed by atoms with Crippen LogP contribution in [0.25, 0.3) is 0 Å². The number of ether oxygens (including phenoxy) is 1. The molecule has 1 aromatic heterocycles. The lowest BCUT2D eigenvalue weighted by molar-refractivity contribution is -0.129. The number of amides is 2. The normalized spacial score (nSPS) is 10.2. The highest BCUT2D eigenvalue weighted by atomic mass is 32.1. The van der Waals surface area contributed by atoms with Crippen LogP contribution < -0.4 is 10.1 Å². The highest BCUT2D eigenvalue weighted by Crippen LogP contribution is 2.17. The minimum absolute atomic E-state index is 0.0417. The van der Waals surface area contributed by atoms with Crippen molar-refractivity contribution in [1.29, 1.82) is 0 Å². The number of para-hydroxylation sites is 1. The van der Waals surface area contributed by atoms with E-state index in [-0.39, 0.29) is 18.4 Å². The van der Waals surface area contributed by atoms with Crippen molar-refractivity contribution in [2.75, 3.05) is 20.2 Å². The summed E-state index contributed by atoms with van der Waals surface area (Å²) in [6, 6.07) is 8.97. The van der Waals surface area contributed by atoms with Crippen molar-refractivity contribution in [2.24, 2.45) is 0 Å². The van der Waals surface area contributed by atoms with E-state index in [1.165, 1.54) is 0 Å². The number of likely N-dealkylation sites (N-methyl/N-ethyl adjacent to an activating group) is 1. The highest BCUT2D eigenvalue weighted by Gasteiger charge is 2.15. The van der Waals surface area contributed by atoms with E-state index in [9.17, 15) is 9.59 Å². The molecule has 0 aliphatic carbocycles. The Kier molecular flexibility index (Phi) is 6.17. The van der Waals surface area contributed by atoms with E-state index in [0.29, 0.717) is 24.5 Å². The average molecular weight is 332 g/mol. The minimum Gasteiger partial charge on any atom is -0.493 e. The average Bonchev–Trinajstić information content (AvgIpc) is 3.06. The summed E-state index contributed by atoms with van der Waals surface area (Å²) in [6.07, 6.45) is 0. The second-order valence-electron chi connectivity index (χ2n) is 4.99. The van der Waals surface area contributed by atoms with Gasteiger partial charge in [0.1, 0.15) is 5.75 Å². The smallest absolute Gasteiger partial charge is 0.255 e. The number of carbonyl (C=O) groups excluding carboxylic acids is 2. The fraction of sp³-hybridized carbons (Fsp3) is 0.294. The standard InChI is InChI=1S/C17H20N2O3S/c1-3-22-15-7-5-4-6-14(15)17(21)18-10-16(20)19(2)11-13-8-9-23-12-13/h4-9,12H,3,10-11H2,1-2H3,(H,18,21). The van der Waals surface area contributed by atoms with E-state index in [1.54, 1.807) is 41.5 Å². The molecule has 0 spiro atoms. The lowest BCUT2D eigenvalue weighted by Crippen LogP contribution is -2.37. The zero-order chi connectivity index (χ0) is 16.7. The van der Waals surface area contributed by atoms with Crippen molar-refractivity contribution in [3.8, 4) is 5.75 Å². The van der Waals surface area contributed by atoms with Crippen molar-refractivity contribution >= 4 is 23.2 Å². The van der Waals surface area contributed by atoms with Gasteiger partial charge >= 0.3 is 0 Å². The lowest BCUT2D eigenvalue weighted by atomic mass is 10.2. The van der Waals surface area contributed by atoms with E-state index in [0.717, 1.165) is 5.56 Å². The summed E-state index contributed by atoms with van der Waals surface area (Å²) in [5, 5.41) is 6.62. The van der Waals surface area contributed by atoms with Crippen molar-refractivity contribution in [3.05, 3.63) is 52.2 Å². The van der Waals surface area contributed by atoms with Crippen LogP contribution in [0.15, 0.2) is 41.1 Å². The number of thiophene rings is 1. The molecule has 5 nitrogen and oxygen atoms in total. The van der Waals surface area contributed by atoms with Gasteiger partial charge in [0.15, 0.2) is 0 Å². The van der Waals surface area contributed by atoms with E-state index in [4.69, 9.17) is 4.74 Å². The van der Waals surface area contributed by atoms with Crippen LogP contribution in [0.4, 0.5) is 0 Å². The molecular weight excluding hydrogens is 312 g/mol. The predicted molar refractivity (Wildman–Crippen MR) is 90.7 cm³/mol. The van der Waals surface area contributed by atoms with Crippen LogP contribution in [-0.4, -0.2) is 36.9 Å². The largest absolute Gasteiger partial charge is 0.493 e. The van der Waals surface area contributed by atoms with Crippen LogP contribution in [0.2, 0.25) is 0 Å². The first-order chi connectivity index (χ1) is 11.1. The van der Waals surface area contributed by atoms with Gasteiger partial charge in [0.05, 0.1) is 18.7 Å². The molecule has 0 aliphatic heterocycles. The number of hydrogen-bond donors (Lipinski definition) is 1. The third-order valence-corrected chi connectivity index (χ3v) is 3.99. The van der Waals surface area contributed by atoms with Crippen molar-refractivity contribution in [2.45, 2.75) is 13.5 Å². The van der Waals surface area contributed by atoms with Crippen LogP contribution in [0.5, 0.6) is 5.75 Å². The van der Waals surface area contributed by atoms with Gasteiger partial charge in [-0.25, -0.2) is 0 Å². The quantitative estimate of drug-likeness (QED) is 0.848. The van der Waals surface area contributed by atoms with Crippen LogP contribution in [0, 0.1) is 0 Å². The van der Waals surface area contributed by atoms with Gasteiger partial charge in [-0.2, -0.15) is 11.3 Å². The second-order valence-corrected chi connectivity index (χ2v) is 5.77. The van der Waals surface area contributed by atoms with Crippen LogP contribution in [-0.2, 0) is 11.3 Å². The zero-order valence-electron chi connectivity index (χ0n) is 13.2. The van der Waals surface area contributed by atoms with Gasteiger partial charge in [-0.3, -0.25) is 9.59 Å². The van der Waals surface area contributed by atoms with E-state index >= 15 is 0 Å². The second kappa shape index (κ2) is 8.33. The van der Waals surface area contributed by atoms with Gasteiger partial charge in [-0.15, -0.1) is 0 Å². The highest BCUT2D eigenvalue weighted by molar-refractivity contribution is 7.07. The maximum atomic E-state index is 12.2. The molecule has 1 heterocycles. The SMILES string of the molecule is CCOc1ccccc1C(=O)NCC(=O)N(C)Cc1ccsc1. The molecule has 0 fully saturated rings. The van der Waals surface area contributed by atoms with Crippen molar-refractivity contribution in [3.63, 3.8) is 0 Å². The van der Waals surface area contributed by atoms with Crippen LogP contribution >= 0.6 is 11.3 Å². The molecule has 2 aromatic rings. The Bertz CT molecular complexity index is 656. The third-order valence-electron chi connectivity index (χ3n) is 3.26. The first-order valence-corrected chi connectivity index (χ1v) is 8.31. The summed E-state index contributed by atoms with van der Waals surface area (Å²) in [5.41, 5.74) is 1.52. The predicted octanol–water partition coefficient (Wildman–Crippen LogP) is 2.54. The van der Waals surface area contributed by atoms with Crippen molar-refractivity contribution < 1.29 is 14.3 Å². The molecular formula is C17H20N2O3S. The van der Waals surface area contributed by atoms with Gasteiger partial charge in [0, 0.05) is 13.6 Å². The molecule has 0 radical (unpaired) electrons. The summed E-state index contributed by atoms with van der Waals surface area (Å²) < 4.78 is 5.43. The molecule has 0 aliphatic rings. The third kappa shape index (κ3) is 4.82. The molecule has 2 rings (SSSR count).